The van der Waals surface area contributed by atoms with Crippen molar-refractivity contribution in [3.05, 3.63) is 0 Å². The number of rotatable bonds is 9. The van der Waals surface area contributed by atoms with Gasteiger partial charge in [-0.3, -0.25) is 4.79 Å². The monoisotopic (exact) mass is 315 g/mol. The van der Waals surface area contributed by atoms with Gasteiger partial charge in [-0.05, 0) is 20.3 Å². The van der Waals surface area contributed by atoms with Crippen molar-refractivity contribution in [2.24, 2.45) is 0 Å². The third kappa shape index (κ3) is 8.17. The summed E-state index contributed by atoms with van der Waals surface area (Å²) in [4.78, 5) is 10.4. The standard InChI is InChI=1S/C10H21NO6S2/c1-9(2)11(6-4-5-10(12)13)19(16,17)8-7-18(3,14)15/h9H,4-8H2,1-3H3,(H,12,13). The summed E-state index contributed by atoms with van der Waals surface area (Å²) >= 11 is 0. The van der Waals surface area contributed by atoms with Crippen LogP contribution in [0.15, 0.2) is 0 Å². The van der Waals surface area contributed by atoms with E-state index >= 15 is 0 Å². The summed E-state index contributed by atoms with van der Waals surface area (Å²) in [5, 5.41) is 8.53. The molecule has 1 N–H and O–H groups in total. The lowest BCUT2D eigenvalue weighted by atomic mass is 10.3. The predicted molar refractivity (Wildman–Crippen MR) is 72.2 cm³/mol. The Morgan fingerprint density at radius 1 is 1.16 bits per heavy atom. The molecule has 114 valence electrons. The van der Waals surface area contributed by atoms with Gasteiger partial charge >= 0.3 is 5.97 Å². The van der Waals surface area contributed by atoms with Gasteiger partial charge in [0, 0.05) is 25.3 Å². The number of sulfone groups is 1. The van der Waals surface area contributed by atoms with Gasteiger partial charge in [0.05, 0.1) is 11.5 Å². The maximum Gasteiger partial charge on any atom is 0.303 e. The molecule has 0 saturated carbocycles. The molecule has 0 rings (SSSR count). The second-order valence-corrected chi connectivity index (χ2v) is 8.95. The number of hydrogen-bond acceptors (Lipinski definition) is 5. The SMILES string of the molecule is CC(C)N(CCCC(=O)O)S(=O)(=O)CCS(C)(=O)=O. The van der Waals surface area contributed by atoms with E-state index in [1.165, 1.54) is 0 Å². The Morgan fingerprint density at radius 2 is 1.68 bits per heavy atom. The maximum absolute atomic E-state index is 12.0. The van der Waals surface area contributed by atoms with Gasteiger partial charge in [-0.25, -0.2) is 16.8 Å². The van der Waals surface area contributed by atoms with Crippen LogP contribution in [0.25, 0.3) is 0 Å². The molecule has 0 amide bonds. The fourth-order valence-corrected chi connectivity index (χ4v) is 4.82. The lowest BCUT2D eigenvalue weighted by molar-refractivity contribution is -0.137. The van der Waals surface area contributed by atoms with Gasteiger partial charge in [-0.2, -0.15) is 4.31 Å². The average Bonchev–Trinajstić information content (AvgIpc) is 2.19. The number of nitrogens with zero attached hydrogens (tertiary/aromatic N) is 1. The summed E-state index contributed by atoms with van der Waals surface area (Å²) in [6, 6.07) is -0.335. The van der Waals surface area contributed by atoms with Crippen molar-refractivity contribution in [2.45, 2.75) is 32.7 Å². The van der Waals surface area contributed by atoms with E-state index in [1.807, 2.05) is 0 Å². The van der Waals surface area contributed by atoms with E-state index in [1.54, 1.807) is 13.8 Å². The van der Waals surface area contributed by atoms with Crippen molar-refractivity contribution in [3.63, 3.8) is 0 Å². The van der Waals surface area contributed by atoms with E-state index in [-0.39, 0.29) is 25.4 Å². The lowest BCUT2D eigenvalue weighted by Crippen LogP contribution is -2.40. The molecular weight excluding hydrogens is 294 g/mol. The summed E-state index contributed by atoms with van der Waals surface area (Å²) < 4.78 is 47.2. The first-order chi connectivity index (χ1) is 8.46. The zero-order valence-corrected chi connectivity index (χ0v) is 13.0. The lowest BCUT2D eigenvalue weighted by Gasteiger charge is -2.25. The Hall–Kier alpha value is -0.670. The summed E-state index contributed by atoms with van der Waals surface area (Å²) in [6.45, 7) is 3.41. The first-order valence-electron chi connectivity index (χ1n) is 5.85. The molecule has 0 aromatic rings. The van der Waals surface area contributed by atoms with E-state index in [0.717, 1.165) is 10.6 Å². The van der Waals surface area contributed by atoms with Gasteiger partial charge in [0.15, 0.2) is 0 Å². The van der Waals surface area contributed by atoms with Crippen molar-refractivity contribution in [2.75, 3.05) is 24.3 Å². The highest BCUT2D eigenvalue weighted by Crippen LogP contribution is 2.10. The van der Waals surface area contributed by atoms with Crippen molar-refractivity contribution in [1.82, 2.24) is 4.31 Å². The molecular formula is C10H21NO6S2. The molecule has 0 bridgehead atoms. The zero-order chi connectivity index (χ0) is 15.3. The van der Waals surface area contributed by atoms with Crippen LogP contribution in [0.4, 0.5) is 0 Å². The molecule has 9 heteroatoms. The summed E-state index contributed by atoms with van der Waals surface area (Å²) in [5.74, 6) is -1.90. The van der Waals surface area contributed by atoms with Gasteiger partial charge in [-0.15, -0.1) is 0 Å². The van der Waals surface area contributed by atoms with Crippen LogP contribution >= 0.6 is 0 Å². The third-order valence-corrected chi connectivity index (χ3v) is 5.66. The van der Waals surface area contributed by atoms with Gasteiger partial charge in [0.1, 0.15) is 9.84 Å². The second kappa shape index (κ2) is 7.20. The highest BCUT2D eigenvalue weighted by Gasteiger charge is 2.25. The van der Waals surface area contributed by atoms with Gasteiger partial charge < -0.3 is 5.11 Å². The molecule has 0 spiro atoms. The van der Waals surface area contributed by atoms with Crippen LogP contribution in [0.2, 0.25) is 0 Å². The Morgan fingerprint density at radius 3 is 2.05 bits per heavy atom. The third-order valence-electron chi connectivity index (χ3n) is 2.41. The smallest absolute Gasteiger partial charge is 0.303 e. The predicted octanol–water partition coefficient (Wildman–Crippen LogP) is -0.0640. The van der Waals surface area contributed by atoms with Crippen LogP contribution < -0.4 is 0 Å². The highest BCUT2D eigenvalue weighted by molar-refractivity contribution is 7.93. The minimum atomic E-state index is -3.69. The zero-order valence-electron chi connectivity index (χ0n) is 11.4. The molecule has 0 aliphatic carbocycles. The fraction of sp³-hybridized carbons (Fsp3) is 0.900. The Bertz CT molecular complexity index is 494. The van der Waals surface area contributed by atoms with E-state index in [4.69, 9.17) is 5.11 Å². The van der Waals surface area contributed by atoms with E-state index in [0.29, 0.717) is 0 Å². The van der Waals surface area contributed by atoms with Gasteiger partial charge in [-0.1, -0.05) is 0 Å². The van der Waals surface area contributed by atoms with Crippen molar-refractivity contribution >= 4 is 25.8 Å². The van der Waals surface area contributed by atoms with Crippen LogP contribution in [0.1, 0.15) is 26.7 Å². The van der Waals surface area contributed by atoms with E-state index in [9.17, 15) is 21.6 Å². The van der Waals surface area contributed by atoms with Crippen molar-refractivity contribution in [1.29, 1.82) is 0 Å². The Labute approximate surface area is 114 Å². The fourth-order valence-electron chi connectivity index (χ4n) is 1.48. The molecule has 19 heavy (non-hydrogen) atoms. The molecule has 0 aliphatic rings. The minimum Gasteiger partial charge on any atom is -0.481 e. The van der Waals surface area contributed by atoms with Crippen molar-refractivity contribution < 1.29 is 26.7 Å². The van der Waals surface area contributed by atoms with Crippen LogP contribution in [-0.4, -0.2) is 62.6 Å². The first kappa shape index (κ1) is 18.3. The number of hydrogen-bond donors (Lipinski definition) is 1. The maximum atomic E-state index is 12.0. The summed E-state index contributed by atoms with van der Waals surface area (Å²) in [6.07, 6.45) is 1.06. The van der Waals surface area contributed by atoms with E-state index < -0.39 is 37.3 Å². The summed E-state index contributed by atoms with van der Waals surface area (Å²) in [7, 11) is -7.04. The minimum absolute atomic E-state index is 0.0794. The number of sulfonamides is 1. The molecule has 0 aromatic carbocycles. The highest BCUT2D eigenvalue weighted by atomic mass is 32.2. The molecule has 0 saturated heterocycles. The van der Waals surface area contributed by atoms with Gasteiger partial charge in [0.25, 0.3) is 0 Å². The Kier molecular flexibility index (Phi) is 6.95. The number of carboxylic acids is 1. The van der Waals surface area contributed by atoms with E-state index in [2.05, 4.69) is 0 Å². The molecule has 0 aliphatic heterocycles. The molecule has 0 radical (unpaired) electrons. The summed E-state index contributed by atoms with van der Waals surface area (Å²) in [5.41, 5.74) is 0. The van der Waals surface area contributed by atoms with Crippen LogP contribution in [-0.2, 0) is 24.7 Å². The quantitative estimate of drug-likeness (QED) is 0.638. The topological polar surface area (TPSA) is 109 Å². The number of aliphatic carboxylic acids is 1. The molecule has 7 nitrogen and oxygen atoms in total. The normalized spacial score (nSPS) is 13.1. The molecule has 0 atom stereocenters. The number of carbonyl (C=O) groups is 1. The van der Waals surface area contributed by atoms with Crippen molar-refractivity contribution in [3.8, 4) is 0 Å². The first-order valence-corrected chi connectivity index (χ1v) is 9.51. The molecule has 0 heterocycles. The molecule has 0 unspecified atom stereocenters. The van der Waals surface area contributed by atoms with Gasteiger partial charge in [0.2, 0.25) is 10.0 Å². The number of carboxylic acid groups (broad SMARTS) is 1. The second-order valence-electron chi connectivity index (χ2n) is 4.65. The molecule has 0 aromatic heterocycles. The van der Waals surface area contributed by atoms with Crippen LogP contribution in [0, 0.1) is 0 Å². The Balaban J connectivity index is 4.72. The van der Waals surface area contributed by atoms with Crippen LogP contribution in [0.5, 0.6) is 0 Å². The molecule has 0 fully saturated rings. The van der Waals surface area contributed by atoms with Crippen LogP contribution in [0.3, 0.4) is 0 Å². The average molecular weight is 315 g/mol. The largest absolute Gasteiger partial charge is 0.481 e.